The van der Waals surface area contributed by atoms with Crippen LogP contribution in [-0.4, -0.2) is 71.6 Å². The zero-order valence-electron chi connectivity index (χ0n) is 17.5. The van der Waals surface area contributed by atoms with Gasteiger partial charge in [0.05, 0.1) is 6.54 Å². The highest BCUT2D eigenvalue weighted by Crippen LogP contribution is 2.24. The number of aliphatic hydroxyl groups is 1. The largest absolute Gasteiger partial charge is 0.396 e. The lowest BCUT2D eigenvalue weighted by Crippen LogP contribution is -2.52. The molecule has 0 spiro atoms. The summed E-state index contributed by atoms with van der Waals surface area (Å²) in [6, 6.07) is 0. The van der Waals surface area contributed by atoms with Gasteiger partial charge in [-0.2, -0.15) is 0 Å². The number of nitrogens with one attached hydrogen (secondary N) is 1. The molecule has 27 heavy (non-hydrogen) atoms. The molecule has 6 nitrogen and oxygen atoms in total. The smallest absolute Gasteiger partial charge is 0.236 e. The first-order valence-corrected chi connectivity index (χ1v) is 10.9. The van der Waals surface area contributed by atoms with E-state index in [2.05, 4.69) is 26.1 Å². The number of likely N-dealkylation sites (tertiary alicyclic amines) is 2. The SMILES string of the molecule is CCC(CC)(CCO)NCC(=O)N1CCC(C(=O)N2CCCC(C)C2)CC1. The molecule has 0 aromatic carbocycles. The van der Waals surface area contributed by atoms with Crippen LogP contribution in [0.1, 0.15) is 65.7 Å². The Bertz CT molecular complexity index is 485. The molecular formula is C21H39N3O3. The molecule has 0 saturated carbocycles. The van der Waals surface area contributed by atoms with Gasteiger partial charge in [-0.15, -0.1) is 0 Å². The minimum atomic E-state index is -0.163. The Morgan fingerprint density at radius 2 is 1.74 bits per heavy atom. The zero-order chi connectivity index (χ0) is 19.9. The molecule has 2 aliphatic rings. The molecule has 0 radical (unpaired) electrons. The summed E-state index contributed by atoms with van der Waals surface area (Å²) in [5.74, 6) is 1.08. The maximum atomic E-state index is 12.8. The van der Waals surface area contributed by atoms with E-state index in [0.717, 1.165) is 45.2 Å². The molecule has 2 fully saturated rings. The van der Waals surface area contributed by atoms with E-state index < -0.39 is 0 Å². The van der Waals surface area contributed by atoms with Crippen molar-refractivity contribution in [3.8, 4) is 0 Å². The van der Waals surface area contributed by atoms with Gasteiger partial charge < -0.3 is 20.2 Å². The van der Waals surface area contributed by atoms with Crippen molar-refractivity contribution in [1.82, 2.24) is 15.1 Å². The van der Waals surface area contributed by atoms with Crippen molar-refractivity contribution >= 4 is 11.8 Å². The Morgan fingerprint density at radius 3 is 2.30 bits per heavy atom. The molecule has 6 heteroatoms. The van der Waals surface area contributed by atoms with Crippen molar-refractivity contribution in [3.05, 3.63) is 0 Å². The number of hydrogen-bond acceptors (Lipinski definition) is 4. The van der Waals surface area contributed by atoms with E-state index in [1.165, 1.54) is 6.42 Å². The van der Waals surface area contributed by atoms with E-state index in [4.69, 9.17) is 0 Å². The molecule has 2 N–H and O–H groups in total. The Hall–Kier alpha value is -1.14. The lowest BCUT2D eigenvalue weighted by molar-refractivity contribution is -0.141. The van der Waals surface area contributed by atoms with Crippen LogP contribution in [0.5, 0.6) is 0 Å². The third-order valence-corrected chi connectivity index (χ3v) is 6.72. The topological polar surface area (TPSA) is 72.9 Å². The Labute approximate surface area is 164 Å². The van der Waals surface area contributed by atoms with Gasteiger partial charge >= 0.3 is 0 Å². The maximum Gasteiger partial charge on any atom is 0.236 e. The predicted octanol–water partition coefficient (Wildman–Crippen LogP) is 2.01. The van der Waals surface area contributed by atoms with Crippen molar-refractivity contribution < 1.29 is 14.7 Å². The molecule has 2 rings (SSSR count). The van der Waals surface area contributed by atoms with Crippen molar-refractivity contribution in [2.45, 2.75) is 71.3 Å². The van der Waals surface area contributed by atoms with E-state index in [1.54, 1.807) is 0 Å². The molecular weight excluding hydrogens is 342 g/mol. The summed E-state index contributed by atoms with van der Waals surface area (Å²) < 4.78 is 0. The maximum absolute atomic E-state index is 12.8. The Morgan fingerprint density at radius 1 is 1.07 bits per heavy atom. The molecule has 1 unspecified atom stereocenters. The van der Waals surface area contributed by atoms with Crippen molar-refractivity contribution in [2.24, 2.45) is 11.8 Å². The fourth-order valence-corrected chi connectivity index (χ4v) is 4.55. The Balaban J connectivity index is 1.79. The number of rotatable bonds is 8. The first kappa shape index (κ1) is 22.2. The van der Waals surface area contributed by atoms with Gasteiger partial charge in [0.25, 0.3) is 0 Å². The number of carbonyl (C=O) groups is 2. The van der Waals surface area contributed by atoms with Gasteiger partial charge in [-0.3, -0.25) is 9.59 Å². The van der Waals surface area contributed by atoms with E-state index >= 15 is 0 Å². The highest BCUT2D eigenvalue weighted by molar-refractivity contribution is 5.81. The van der Waals surface area contributed by atoms with Crippen LogP contribution >= 0.6 is 0 Å². The molecule has 2 heterocycles. The molecule has 2 aliphatic heterocycles. The highest BCUT2D eigenvalue weighted by Gasteiger charge is 2.32. The predicted molar refractivity (Wildman–Crippen MR) is 107 cm³/mol. The van der Waals surface area contributed by atoms with Crippen molar-refractivity contribution in [2.75, 3.05) is 39.3 Å². The monoisotopic (exact) mass is 381 g/mol. The molecule has 1 atom stereocenters. The number of piperidine rings is 2. The average Bonchev–Trinajstić information content (AvgIpc) is 2.70. The van der Waals surface area contributed by atoms with Gasteiger partial charge in [0, 0.05) is 44.2 Å². The van der Waals surface area contributed by atoms with Gasteiger partial charge in [-0.25, -0.2) is 0 Å². The summed E-state index contributed by atoms with van der Waals surface area (Å²) in [6.45, 7) is 9.98. The number of amides is 2. The molecule has 2 amide bonds. The quantitative estimate of drug-likeness (QED) is 0.675. The molecule has 0 bridgehead atoms. The van der Waals surface area contributed by atoms with Gasteiger partial charge in [-0.1, -0.05) is 20.8 Å². The number of aliphatic hydroxyl groups excluding tert-OH is 1. The van der Waals surface area contributed by atoms with Crippen molar-refractivity contribution in [3.63, 3.8) is 0 Å². The lowest BCUT2D eigenvalue weighted by Gasteiger charge is -2.38. The van der Waals surface area contributed by atoms with E-state index in [0.29, 0.717) is 37.9 Å². The van der Waals surface area contributed by atoms with E-state index in [-0.39, 0.29) is 24.0 Å². The second kappa shape index (κ2) is 10.4. The molecule has 0 aromatic heterocycles. The number of carbonyl (C=O) groups excluding carboxylic acids is 2. The first-order valence-electron chi connectivity index (χ1n) is 10.9. The van der Waals surface area contributed by atoms with Crippen LogP contribution in [-0.2, 0) is 9.59 Å². The third-order valence-electron chi connectivity index (χ3n) is 6.72. The van der Waals surface area contributed by atoms with E-state index in [9.17, 15) is 14.7 Å². The zero-order valence-corrected chi connectivity index (χ0v) is 17.5. The van der Waals surface area contributed by atoms with Crippen LogP contribution in [0.4, 0.5) is 0 Å². The number of hydrogen-bond donors (Lipinski definition) is 2. The Kier molecular flexibility index (Phi) is 8.55. The summed E-state index contributed by atoms with van der Waals surface area (Å²) in [7, 11) is 0. The standard InChI is InChI=1S/C21H39N3O3/c1-4-21(5-2,10-14-25)22-15-19(26)23-12-8-18(9-13-23)20(27)24-11-6-7-17(3)16-24/h17-18,22,25H,4-16H2,1-3H3. The molecule has 2 saturated heterocycles. The minimum absolute atomic E-state index is 0.0760. The van der Waals surface area contributed by atoms with Gasteiger partial charge in [0.1, 0.15) is 0 Å². The first-order chi connectivity index (χ1) is 12.9. The van der Waals surface area contributed by atoms with Gasteiger partial charge in [0.15, 0.2) is 0 Å². The summed E-state index contributed by atoms with van der Waals surface area (Å²) >= 11 is 0. The summed E-state index contributed by atoms with van der Waals surface area (Å²) in [5, 5.41) is 12.7. The van der Waals surface area contributed by atoms with Gasteiger partial charge in [0.2, 0.25) is 11.8 Å². The molecule has 0 aromatic rings. The molecule has 156 valence electrons. The van der Waals surface area contributed by atoms with Crippen LogP contribution < -0.4 is 5.32 Å². The fourth-order valence-electron chi connectivity index (χ4n) is 4.55. The van der Waals surface area contributed by atoms with Crippen molar-refractivity contribution in [1.29, 1.82) is 0 Å². The summed E-state index contributed by atoms with van der Waals surface area (Å²) in [6.07, 6.45) is 6.33. The van der Waals surface area contributed by atoms with Gasteiger partial charge in [-0.05, 0) is 50.9 Å². The van der Waals surface area contributed by atoms with Crippen LogP contribution in [0.15, 0.2) is 0 Å². The summed E-state index contributed by atoms with van der Waals surface area (Å²) in [5.41, 5.74) is -0.163. The second-order valence-corrected chi connectivity index (χ2v) is 8.50. The number of nitrogens with zero attached hydrogens (tertiary/aromatic N) is 2. The minimum Gasteiger partial charge on any atom is -0.396 e. The van der Waals surface area contributed by atoms with Crippen LogP contribution in [0.2, 0.25) is 0 Å². The average molecular weight is 382 g/mol. The fraction of sp³-hybridized carbons (Fsp3) is 0.905. The highest BCUT2D eigenvalue weighted by atomic mass is 16.3. The lowest BCUT2D eigenvalue weighted by atomic mass is 9.89. The normalized spacial score (nSPS) is 22.1. The van der Waals surface area contributed by atoms with E-state index in [1.807, 2.05) is 9.80 Å². The second-order valence-electron chi connectivity index (χ2n) is 8.50. The third kappa shape index (κ3) is 5.92. The van der Waals surface area contributed by atoms with Crippen LogP contribution in [0.25, 0.3) is 0 Å². The molecule has 0 aliphatic carbocycles. The van der Waals surface area contributed by atoms with Crippen LogP contribution in [0.3, 0.4) is 0 Å². The summed E-state index contributed by atoms with van der Waals surface area (Å²) in [4.78, 5) is 29.3. The van der Waals surface area contributed by atoms with Crippen LogP contribution in [0, 0.1) is 11.8 Å².